The molecule has 0 aliphatic rings. The van der Waals surface area contributed by atoms with Gasteiger partial charge in [-0.15, -0.1) is 0 Å². The molecule has 0 spiro atoms. The molecule has 2 heterocycles. The number of rotatable bonds is 6. The van der Waals surface area contributed by atoms with Crippen molar-refractivity contribution >= 4 is 34.8 Å². The molecule has 0 fully saturated rings. The lowest BCUT2D eigenvalue weighted by Crippen LogP contribution is -2.20. The van der Waals surface area contributed by atoms with E-state index in [9.17, 15) is 4.79 Å². The molecule has 0 saturated carbocycles. The second-order valence-corrected chi connectivity index (χ2v) is 7.67. The lowest BCUT2D eigenvalue weighted by Gasteiger charge is -2.05. The minimum absolute atomic E-state index is 0.183. The molecular formula is C21H25N5OS. The maximum atomic E-state index is 12.1. The number of fused-ring (bicyclic) bond motifs is 1. The van der Waals surface area contributed by atoms with Crippen molar-refractivity contribution in [2.75, 3.05) is 5.75 Å². The summed E-state index contributed by atoms with van der Waals surface area (Å²) in [5, 5.41) is 5.94. The van der Waals surface area contributed by atoms with Crippen LogP contribution in [0.1, 0.15) is 35.1 Å². The number of aromatic nitrogens is 3. The molecule has 3 aromatic rings. The standard InChI is InChI=1S/C21H25N5OS/c1-6-26-16(5)18(17-9-7-8-13(2)20(17)26)11-22-25-19(27)12-28-21-23-14(3)10-15(4)24-21/h7-11H,6,12H2,1-5H3,(H,25,27)/b22-11+. The van der Waals surface area contributed by atoms with Gasteiger partial charge in [0.15, 0.2) is 5.16 Å². The van der Waals surface area contributed by atoms with Crippen molar-refractivity contribution in [1.82, 2.24) is 20.0 Å². The van der Waals surface area contributed by atoms with Gasteiger partial charge in [-0.25, -0.2) is 15.4 Å². The number of hydrazone groups is 1. The number of carbonyl (C=O) groups is 1. The molecule has 28 heavy (non-hydrogen) atoms. The number of hydrogen-bond acceptors (Lipinski definition) is 5. The molecule has 0 bridgehead atoms. The predicted molar refractivity (Wildman–Crippen MR) is 115 cm³/mol. The molecular weight excluding hydrogens is 370 g/mol. The lowest BCUT2D eigenvalue weighted by molar-refractivity contribution is -0.118. The Kier molecular flexibility index (Phi) is 6.14. The van der Waals surface area contributed by atoms with Crippen LogP contribution in [0.4, 0.5) is 0 Å². The van der Waals surface area contributed by atoms with Gasteiger partial charge in [0.2, 0.25) is 0 Å². The molecule has 0 aliphatic carbocycles. The first-order valence-corrected chi connectivity index (χ1v) is 10.2. The van der Waals surface area contributed by atoms with Gasteiger partial charge in [0.25, 0.3) is 5.91 Å². The van der Waals surface area contributed by atoms with Gasteiger partial charge >= 0.3 is 0 Å². The van der Waals surface area contributed by atoms with Crippen LogP contribution < -0.4 is 5.43 Å². The summed E-state index contributed by atoms with van der Waals surface area (Å²) >= 11 is 1.31. The Bertz CT molecular complexity index is 1030. The number of nitrogens with one attached hydrogen (secondary N) is 1. The first kappa shape index (κ1) is 20.1. The summed E-state index contributed by atoms with van der Waals surface area (Å²) in [7, 11) is 0. The SMILES string of the molecule is CCn1c(C)c(/C=N/NC(=O)CSc2nc(C)cc(C)n2)c2cccc(C)c21. The van der Waals surface area contributed by atoms with Crippen LogP contribution in [0.15, 0.2) is 34.5 Å². The summed E-state index contributed by atoms with van der Waals surface area (Å²) in [5.74, 6) is 0.0340. The van der Waals surface area contributed by atoms with Crippen molar-refractivity contribution in [2.45, 2.75) is 46.3 Å². The highest BCUT2D eigenvalue weighted by molar-refractivity contribution is 7.99. The maximum absolute atomic E-state index is 12.1. The number of aryl methyl sites for hydroxylation is 4. The van der Waals surface area contributed by atoms with Gasteiger partial charge in [-0.2, -0.15) is 5.10 Å². The number of benzene rings is 1. The monoisotopic (exact) mass is 395 g/mol. The van der Waals surface area contributed by atoms with Crippen LogP contribution in [0.25, 0.3) is 10.9 Å². The Morgan fingerprint density at radius 3 is 2.61 bits per heavy atom. The fraction of sp³-hybridized carbons (Fsp3) is 0.333. The zero-order valence-corrected chi connectivity index (χ0v) is 17.7. The molecule has 0 atom stereocenters. The van der Waals surface area contributed by atoms with Crippen molar-refractivity contribution in [2.24, 2.45) is 5.10 Å². The van der Waals surface area contributed by atoms with Crippen molar-refractivity contribution in [3.63, 3.8) is 0 Å². The molecule has 0 radical (unpaired) electrons. The molecule has 0 aliphatic heterocycles. The first-order valence-electron chi connectivity index (χ1n) is 9.26. The molecule has 1 N–H and O–H groups in total. The van der Waals surface area contributed by atoms with Crippen LogP contribution in [-0.4, -0.2) is 32.4 Å². The highest BCUT2D eigenvalue weighted by atomic mass is 32.2. The molecule has 146 valence electrons. The van der Waals surface area contributed by atoms with E-state index in [0.29, 0.717) is 5.16 Å². The van der Waals surface area contributed by atoms with E-state index in [0.717, 1.165) is 34.6 Å². The Hall–Kier alpha value is -2.67. The minimum atomic E-state index is -0.183. The second kappa shape index (κ2) is 8.56. The summed E-state index contributed by atoms with van der Waals surface area (Å²) in [4.78, 5) is 20.8. The number of carbonyl (C=O) groups excluding carboxylic acids is 1. The third-order valence-electron chi connectivity index (χ3n) is 4.59. The number of thioether (sulfide) groups is 1. The highest BCUT2D eigenvalue weighted by Gasteiger charge is 2.13. The van der Waals surface area contributed by atoms with Gasteiger partial charge in [-0.3, -0.25) is 4.79 Å². The van der Waals surface area contributed by atoms with Crippen LogP contribution in [-0.2, 0) is 11.3 Å². The van der Waals surface area contributed by atoms with Crippen LogP contribution in [0.3, 0.4) is 0 Å². The number of para-hydroxylation sites is 1. The largest absolute Gasteiger partial charge is 0.344 e. The zero-order chi connectivity index (χ0) is 20.3. The summed E-state index contributed by atoms with van der Waals surface area (Å²) in [5.41, 5.74) is 9.03. The van der Waals surface area contributed by atoms with Crippen molar-refractivity contribution in [3.05, 3.63) is 52.5 Å². The molecule has 0 unspecified atom stereocenters. The molecule has 3 rings (SSSR count). The van der Waals surface area contributed by atoms with E-state index >= 15 is 0 Å². The van der Waals surface area contributed by atoms with E-state index in [1.54, 1.807) is 6.21 Å². The molecule has 6 nitrogen and oxygen atoms in total. The fourth-order valence-electron chi connectivity index (χ4n) is 3.39. The third-order valence-corrected chi connectivity index (χ3v) is 5.43. The maximum Gasteiger partial charge on any atom is 0.250 e. The van der Waals surface area contributed by atoms with Gasteiger partial charge < -0.3 is 4.57 Å². The first-order chi connectivity index (χ1) is 13.4. The van der Waals surface area contributed by atoms with E-state index in [2.05, 4.69) is 58.0 Å². The quantitative estimate of drug-likeness (QED) is 0.297. The van der Waals surface area contributed by atoms with Crippen molar-refractivity contribution in [1.29, 1.82) is 0 Å². The van der Waals surface area contributed by atoms with Gasteiger partial charge in [0.05, 0.1) is 17.5 Å². The molecule has 2 aromatic heterocycles. The fourth-order valence-corrected chi connectivity index (χ4v) is 4.13. The summed E-state index contributed by atoms with van der Waals surface area (Å²) < 4.78 is 2.28. The Morgan fingerprint density at radius 2 is 1.93 bits per heavy atom. The van der Waals surface area contributed by atoms with Gasteiger partial charge in [0, 0.05) is 34.6 Å². The highest BCUT2D eigenvalue weighted by Crippen LogP contribution is 2.27. The van der Waals surface area contributed by atoms with Gasteiger partial charge in [0.1, 0.15) is 0 Å². The third kappa shape index (κ3) is 4.25. The zero-order valence-electron chi connectivity index (χ0n) is 16.9. The van der Waals surface area contributed by atoms with Crippen molar-refractivity contribution in [3.8, 4) is 0 Å². The van der Waals surface area contributed by atoms with Crippen LogP contribution in [0, 0.1) is 27.7 Å². The number of hydrogen-bond donors (Lipinski definition) is 1. The Balaban J connectivity index is 1.70. The van der Waals surface area contributed by atoms with Crippen LogP contribution in [0.5, 0.6) is 0 Å². The number of nitrogens with zero attached hydrogens (tertiary/aromatic N) is 4. The second-order valence-electron chi connectivity index (χ2n) is 6.73. The van der Waals surface area contributed by atoms with E-state index in [-0.39, 0.29) is 11.7 Å². The predicted octanol–water partition coefficient (Wildman–Crippen LogP) is 3.93. The summed E-state index contributed by atoms with van der Waals surface area (Å²) in [6, 6.07) is 8.17. The number of amides is 1. The van der Waals surface area contributed by atoms with Crippen LogP contribution in [0.2, 0.25) is 0 Å². The normalized spacial score (nSPS) is 11.5. The van der Waals surface area contributed by atoms with Crippen molar-refractivity contribution < 1.29 is 4.79 Å². The Labute approximate surface area is 169 Å². The van der Waals surface area contributed by atoms with E-state index in [1.165, 1.54) is 22.8 Å². The molecule has 1 aromatic carbocycles. The Morgan fingerprint density at radius 1 is 1.21 bits per heavy atom. The lowest BCUT2D eigenvalue weighted by atomic mass is 10.1. The minimum Gasteiger partial charge on any atom is -0.344 e. The smallest absolute Gasteiger partial charge is 0.250 e. The van der Waals surface area contributed by atoms with Gasteiger partial charge in [-0.05, 0) is 46.2 Å². The van der Waals surface area contributed by atoms with E-state index in [1.807, 2.05) is 26.0 Å². The van der Waals surface area contributed by atoms with E-state index < -0.39 is 0 Å². The van der Waals surface area contributed by atoms with E-state index in [4.69, 9.17) is 0 Å². The average molecular weight is 396 g/mol. The summed E-state index contributed by atoms with van der Waals surface area (Å²) in [6.45, 7) is 11.1. The van der Waals surface area contributed by atoms with Gasteiger partial charge in [-0.1, -0.05) is 30.0 Å². The molecule has 1 amide bonds. The average Bonchev–Trinajstić information content (AvgIpc) is 2.92. The van der Waals surface area contributed by atoms with Crippen LogP contribution >= 0.6 is 11.8 Å². The molecule has 0 saturated heterocycles. The molecule has 7 heteroatoms. The topological polar surface area (TPSA) is 72.2 Å². The summed E-state index contributed by atoms with van der Waals surface area (Å²) in [6.07, 6.45) is 1.74.